The van der Waals surface area contributed by atoms with E-state index in [1.165, 1.54) is 0 Å². The molecule has 5 nitrogen and oxygen atoms in total. The summed E-state index contributed by atoms with van der Waals surface area (Å²) in [6.45, 7) is 2.29. The molecule has 0 radical (unpaired) electrons. The predicted octanol–water partition coefficient (Wildman–Crippen LogP) is 3.27. The van der Waals surface area contributed by atoms with E-state index in [-0.39, 0.29) is 5.91 Å². The highest BCUT2D eigenvalue weighted by Crippen LogP contribution is 2.17. The monoisotopic (exact) mass is 370 g/mol. The minimum absolute atomic E-state index is 0.229. The van der Waals surface area contributed by atoms with Crippen molar-refractivity contribution in [1.29, 1.82) is 0 Å². The van der Waals surface area contributed by atoms with Gasteiger partial charge in [-0.15, -0.1) is 5.10 Å². The van der Waals surface area contributed by atoms with Crippen molar-refractivity contribution < 1.29 is 4.79 Å². The third kappa shape index (κ3) is 3.48. The minimum Gasteiger partial charge on any atom is -0.347 e. The van der Waals surface area contributed by atoms with Crippen molar-refractivity contribution >= 4 is 21.8 Å². The van der Waals surface area contributed by atoms with Gasteiger partial charge in [-0.2, -0.15) is 0 Å². The average Bonchev–Trinajstić information content (AvgIpc) is 2.95. The Hall–Kier alpha value is -2.47. The first-order valence-electron chi connectivity index (χ1n) is 7.15. The van der Waals surface area contributed by atoms with Crippen LogP contribution in [0.2, 0.25) is 0 Å². The average molecular weight is 371 g/mol. The number of halogens is 1. The van der Waals surface area contributed by atoms with Crippen LogP contribution in [0.1, 0.15) is 21.7 Å². The Kier molecular flexibility index (Phi) is 4.52. The molecule has 0 atom stereocenters. The SMILES string of the molecule is Cc1c(C(=O)NCc2ccccc2)nnn1-c1cccc(Br)c1. The van der Waals surface area contributed by atoms with Crippen LogP contribution in [0.15, 0.2) is 59.1 Å². The summed E-state index contributed by atoms with van der Waals surface area (Å²) in [5.41, 5.74) is 2.93. The van der Waals surface area contributed by atoms with Crippen LogP contribution in [-0.4, -0.2) is 20.9 Å². The van der Waals surface area contributed by atoms with Crippen molar-refractivity contribution in [3.63, 3.8) is 0 Å². The summed E-state index contributed by atoms with van der Waals surface area (Å²) in [5.74, 6) is -0.229. The topological polar surface area (TPSA) is 59.8 Å². The second kappa shape index (κ2) is 6.75. The quantitative estimate of drug-likeness (QED) is 0.766. The number of nitrogens with zero attached hydrogens (tertiary/aromatic N) is 3. The van der Waals surface area contributed by atoms with Gasteiger partial charge in [-0.25, -0.2) is 4.68 Å². The lowest BCUT2D eigenvalue weighted by molar-refractivity contribution is 0.0945. The molecule has 1 amide bonds. The van der Waals surface area contributed by atoms with Crippen molar-refractivity contribution in [2.45, 2.75) is 13.5 Å². The van der Waals surface area contributed by atoms with Crippen molar-refractivity contribution in [3.8, 4) is 5.69 Å². The fourth-order valence-electron chi connectivity index (χ4n) is 2.25. The maximum Gasteiger partial charge on any atom is 0.274 e. The number of amides is 1. The van der Waals surface area contributed by atoms with Gasteiger partial charge < -0.3 is 5.32 Å². The second-order valence-corrected chi connectivity index (χ2v) is 6.00. The van der Waals surface area contributed by atoms with Gasteiger partial charge in [-0.3, -0.25) is 4.79 Å². The van der Waals surface area contributed by atoms with E-state index in [0.29, 0.717) is 17.9 Å². The molecular weight excluding hydrogens is 356 g/mol. The molecule has 1 heterocycles. The van der Waals surface area contributed by atoms with E-state index in [0.717, 1.165) is 15.7 Å². The highest BCUT2D eigenvalue weighted by Gasteiger charge is 2.17. The first kappa shape index (κ1) is 15.4. The Morgan fingerprint density at radius 1 is 1.17 bits per heavy atom. The van der Waals surface area contributed by atoms with Crippen LogP contribution in [0.5, 0.6) is 0 Å². The zero-order valence-corrected chi connectivity index (χ0v) is 14.1. The number of hydrogen-bond donors (Lipinski definition) is 1. The third-order valence-corrected chi connectivity index (χ3v) is 3.95. The molecule has 23 heavy (non-hydrogen) atoms. The van der Waals surface area contributed by atoms with Gasteiger partial charge in [-0.05, 0) is 30.7 Å². The van der Waals surface area contributed by atoms with Gasteiger partial charge in [0.15, 0.2) is 5.69 Å². The molecule has 0 saturated heterocycles. The Labute approximate surface area is 142 Å². The van der Waals surface area contributed by atoms with Gasteiger partial charge in [0.05, 0.1) is 11.4 Å². The summed E-state index contributed by atoms with van der Waals surface area (Å²) in [4.78, 5) is 12.3. The van der Waals surface area contributed by atoms with Gasteiger partial charge in [-0.1, -0.05) is 57.5 Å². The summed E-state index contributed by atoms with van der Waals surface area (Å²) < 4.78 is 2.60. The fourth-order valence-corrected chi connectivity index (χ4v) is 2.64. The molecular formula is C17H15BrN4O. The molecule has 0 spiro atoms. The number of benzene rings is 2. The Balaban J connectivity index is 1.77. The number of carbonyl (C=O) groups is 1. The molecule has 1 N–H and O–H groups in total. The zero-order valence-electron chi connectivity index (χ0n) is 12.5. The lowest BCUT2D eigenvalue weighted by atomic mass is 10.2. The largest absolute Gasteiger partial charge is 0.347 e. The van der Waals surface area contributed by atoms with Crippen molar-refractivity contribution in [2.24, 2.45) is 0 Å². The first-order valence-corrected chi connectivity index (χ1v) is 7.95. The van der Waals surface area contributed by atoms with Gasteiger partial charge in [0, 0.05) is 11.0 Å². The Morgan fingerprint density at radius 2 is 1.96 bits per heavy atom. The summed E-state index contributed by atoms with van der Waals surface area (Å²) in [5, 5.41) is 11.0. The van der Waals surface area contributed by atoms with Crippen LogP contribution in [-0.2, 0) is 6.54 Å². The smallest absolute Gasteiger partial charge is 0.274 e. The Morgan fingerprint density at radius 3 is 2.70 bits per heavy atom. The van der Waals surface area contributed by atoms with Crippen molar-refractivity contribution in [1.82, 2.24) is 20.3 Å². The van der Waals surface area contributed by atoms with E-state index in [9.17, 15) is 4.79 Å². The molecule has 3 rings (SSSR count). The van der Waals surface area contributed by atoms with Crippen molar-refractivity contribution in [2.75, 3.05) is 0 Å². The lowest BCUT2D eigenvalue weighted by Gasteiger charge is -2.05. The fraction of sp³-hybridized carbons (Fsp3) is 0.118. The molecule has 0 bridgehead atoms. The van der Waals surface area contributed by atoms with E-state index >= 15 is 0 Å². The molecule has 2 aromatic carbocycles. The number of aromatic nitrogens is 3. The third-order valence-electron chi connectivity index (χ3n) is 3.46. The molecule has 6 heteroatoms. The summed E-state index contributed by atoms with van der Waals surface area (Å²) in [7, 11) is 0. The summed E-state index contributed by atoms with van der Waals surface area (Å²) in [6, 6.07) is 17.4. The molecule has 0 aliphatic carbocycles. The lowest BCUT2D eigenvalue weighted by Crippen LogP contribution is -2.24. The van der Waals surface area contributed by atoms with E-state index in [2.05, 4.69) is 31.6 Å². The maximum absolute atomic E-state index is 12.3. The molecule has 3 aromatic rings. The summed E-state index contributed by atoms with van der Waals surface area (Å²) in [6.07, 6.45) is 0. The van der Waals surface area contributed by atoms with Gasteiger partial charge in [0.2, 0.25) is 0 Å². The van der Waals surface area contributed by atoms with E-state index in [1.54, 1.807) is 4.68 Å². The predicted molar refractivity (Wildman–Crippen MR) is 91.4 cm³/mol. The van der Waals surface area contributed by atoms with Gasteiger partial charge in [0.1, 0.15) is 0 Å². The number of hydrogen-bond acceptors (Lipinski definition) is 3. The number of rotatable bonds is 4. The highest BCUT2D eigenvalue weighted by atomic mass is 79.9. The van der Waals surface area contributed by atoms with E-state index < -0.39 is 0 Å². The minimum atomic E-state index is -0.229. The van der Waals surface area contributed by atoms with Crippen LogP contribution < -0.4 is 5.32 Å². The Bertz CT molecular complexity index is 830. The van der Waals surface area contributed by atoms with Crippen LogP contribution in [0.25, 0.3) is 5.69 Å². The van der Waals surface area contributed by atoms with Crippen LogP contribution in [0, 0.1) is 6.92 Å². The van der Waals surface area contributed by atoms with E-state index in [4.69, 9.17) is 0 Å². The van der Waals surface area contributed by atoms with Gasteiger partial charge in [0.25, 0.3) is 5.91 Å². The van der Waals surface area contributed by atoms with Crippen LogP contribution in [0.4, 0.5) is 0 Å². The molecule has 116 valence electrons. The van der Waals surface area contributed by atoms with Crippen molar-refractivity contribution in [3.05, 3.63) is 76.0 Å². The standard InChI is InChI=1S/C17H15BrN4O/c1-12-16(17(23)19-11-13-6-3-2-4-7-13)20-21-22(12)15-9-5-8-14(18)10-15/h2-10H,11H2,1H3,(H,19,23). The second-order valence-electron chi connectivity index (χ2n) is 5.08. The normalized spacial score (nSPS) is 10.5. The first-order chi connectivity index (χ1) is 11.1. The molecule has 0 fully saturated rings. The maximum atomic E-state index is 12.3. The molecule has 0 aliphatic heterocycles. The molecule has 0 saturated carbocycles. The van der Waals surface area contributed by atoms with E-state index in [1.807, 2.05) is 61.5 Å². The number of nitrogens with one attached hydrogen (secondary N) is 1. The number of carbonyl (C=O) groups excluding carboxylic acids is 1. The van der Waals surface area contributed by atoms with Gasteiger partial charge >= 0.3 is 0 Å². The molecule has 0 unspecified atom stereocenters. The highest BCUT2D eigenvalue weighted by molar-refractivity contribution is 9.10. The van der Waals surface area contributed by atoms with Crippen LogP contribution >= 0.6 is 15.9 Å². The molecule has 0 aliphatic rings. The molecule has 1 aromatic heterocycles. The van der Waals surface area contributed by atoms with Crippen LogP contribution in [0.3, 0.4) is 0 Å². The zero-order chi connectivity index (χ0) is 16.2. The summed E-state index contributed by atoms with van der Waals surface area (Å²) >= 11 is 3.43.